The van der Waals surface area contributed by atoms with E-state index in [1.54, 1.807) is 0 Å². The van der Waals surface area contributed by atoms with Crippen molar-refractivity contribution >= 4 is 5.78 Å². The van der Waals surface area contributed by atoms with Gasteiger partial charge < -0.3 is 0 Å². The van der Waals surface area contributed by atoms with E-state index < -0.39 is 0 Å². The minimum Gasteiger partial charge on any atom is -0.299 e. The average Bonchev–Trinajstić information content (AvgIpc) is 2.86. The molecular weight excluding hydrogens is 220 g/mol. The molecule has 0 aliphatic heterocycles. The topological polar surface area (TPSA) is 17.1 Å². The fourth-order valence-electron chi connectivity index (χ4n) is 2.71. The van der Waals surface area contributed by atoms with Crippen molar-refractivity contribution in [3.63, 3.8) is 0 Å². The summed E-state index contributed by atoms with van der Waals surface area (Å²) in [6, 6.07) is 18.8. The number of carbonyl (C=O) groups excluding carboxylic acids is 1. The molecule has 1 nitrogen and oxygen atoms in total. The minimum absolute atomic E-state index is 0.148. The summed E-state index contributed by atoms with van der Waals surface area (Å²) < 4.78 is 0. The zero-order valence-corrected chi connectivity index (χ0v) is 10.3. The highest BCUT2D eigenvalue weighted by atomic mass is 16.1. The SMILES string of the molecule is O=C1CCCC1c1ccc(-c2ccccc2)cc1. The maximum absolute atomic E-state index is 11.7. The molecule has 1 unspecified atom stereocenters. The van der Waals surface area contributed by atoms with E-state index in [-0.39, 0.29) is 5.92 Å². The Morgan fingerprint density at radius 1 is 0.833 bits per heavy atom. The van der Waals surface area contributed by atoms with Crippen molar-refractivity contribution in [1.82, 2.24) is 0 Å². The second kappa shape index (κ2) is 4.77. The second-order valence-corrected chi connectivity index (χ2v) is 4.90. The number of hydrogen-bond donors (Lipinski definition) is 0. The minimum atomic E-state index is 0.148. The van der Waals surface area contributed by atoms with Gasteiger partial charge in [0.1, 0.15) is 5.78 Å². The van der Waals surface area contributed by atoms with E-state index in [1.165, 1.54) is 16.7 Å². The molecule has 0 amide bonds. The smallest absolute Gasteiger partial charge is 0.140 e. The lowest BCUT2D eigenvalue weighted by atomic mass is 9.94. The van der Waals surface area contributed by atoms with E-state index in [2.05, 4.69) is 36.4 Å². The molecule has 0 spiro atoms. The van der Waals surface area contributed by atoms with Gasteiger partial charge in [0.05, 0.1) is 0 Å². The van der Waals surface area contributed by atoms with Gasteiger partial charge in [-0.1, -0.05) is 54.6 Å². The van der Waals surface area contributed by atoms with Crippen molar-refractivity contribution in [3.05, 3.63) is 60.2 Å². The van der Waals surface area contributed by atoms with E-state index in [0.29, 0.717) is 5.78 Å². The van der Waals surface area contributed by atoms with Gasteiger partial charge in [0.25, 0.3) is 0 Å². The van der Waals surface area contributed by atoms with Gasteiger partial charge in [-0.25, -0.2) is 0 Å². The van der Waals surface area contributed by atoms with Crippen LogP contribution in [-0.2, 0) is 4.79 Å². The summed E-state index contributed by atoms with van der Waals surface area (Å²) in [6.07, 6.45) is 2.82. The molecule has 90 valence electrons. The predicted octanol–water partition coefficient (Wildman–Crippen LogP) is 4.19. The molecular formula is C17H16O. The summed E-state index contributed by atoms with van der Waals surface area (Å²) in [5.74, 6) is 0.553. The molecule has 18 heavy (non-hydrogen) atoms. The summed E-state index contributed by atoms with van der Waals surface area (Å²) in [7, 11) is 0. The molecule has 1 fully saturated rings. The monoisotopic (exact) mass is 236 g/mol. The van der Waals surface area contributed by atoms with E-state index in [1.807, 2.05) is 18.2 Å². The molecule has 0 radical (unpaired) electrons. The van der Waals surface area contributed by atoms with Gasteiger partial charge in [0.15, 0.2) is 0 Å². The Bertz CT molecular complexity index is 540. The summed E-state index contributed by atoms with van der Waals surface area (Å²) in [4.78, 5) is 11.7. The zero-order chi connectivity index (χ0) is 12.4. The predicted molar refractivity (Wildman–Crippen MR) is 73.5 cm³/mol. The summed E-state index contributed by atoms with van der Waals surface area (Å²) in [5.41, 5.74) is 3.61. The highest BCUT2D eigenvalue weighted by Crippen LogP contribution is 2.32. The summed E-state index contributed by atoms with van der Waals surface area (Å²) in [5, 5.41) is 0. The van der Waals surface area contributed by atoms with Gasteiger partial charge >= 0.3 is 0 Å². The van der Waals surface area contributed by atoms with Crippen LogP contribution in [0.3, 0.4) is 0 Å². The number of carbonyl (C=O) groups is 1. The number of rotatable bonds is 2. The van der Waals surface area contributed by atoms with Gasteiger partial charge in [-0.15, -0.1) is 0 Å². The second-order valence-electron chi connectivity index (χ2n) is 4.90. The van der Waals surface area contributed by atoms with Crippen LogP contribution >= 0.6 is 0 Å². The van der Waals surface area contributed by atoms with Crippen molar-refractivity contribution in [3.8, 4) is 11.1 Å². The molecule has 2 aromatic carbocycles. The number of hydrogen-bond acceptors (Lipinski definition) is 1. The summed E-state index contributed by atoms with van der Waals surface area (Å²) >= 11 is 0. The van der Waals surface area contributed by atoms with Crippen molar-refractivity contribution in [2.45, 2.75) is 25.2 Å². The Kier molecular flexibility index (Phi) is 2.97. The largest absolute Gasteiger partial charge is 0.299 e. The quantitative estimate of drug-likeness (QED) is 0.764. The molecule has 0 heterocycles. The van der Waals surface area contributed by atoms with E-state index in [9.17, 15) is 4.79 Å². The molecule has 1 saturated carbocycles. The summed E-state index contributed by atoms with van der Waals surface area (Å²) in [6.45, 7) is 0. The third-order valence-corrected chi connectivity index (χ3v) is 3.72. The Morgan fingerprint density at radius 2 is 1.50 bits per heavy atom. The lowest BCUT2D eigenvalue weighted by Gasteiger charge is -2.09. The van der Waals surface area contributed by atoms with Crippen LogP contribution in [0.4, 0.5) is 0 Å². The first-order valence-electron chi connectivity index (χ1n) is 6.53. The first-order valence-corrected chi connectivity index (χ1v) is 6.53. The molecule has 3 rings (SSSR count). The number of ketones is 1. The van der Waals surface area contributed by atoms with Crippen LogP contribution in [0.25, 0.3) is 11.1 Å². The number of benzene rings is 2. The van der Waals surface area contributed by atoms with E-state index >= 15 is 0 Å². The fraction of sp³-hybridized carbons (Fsp3) is 0.235. The first-order chi connectivity index (χ1) is 8.84. The standard InChI is InChI=1S/C17H16O/c18-17-8-4-7-16(17)15-11-9-14(10-12-15)13-5-2-1-3-6-13/h1-3,5-6,9-12,16H,4,7-8H2. The highest BCUT2D eigenvalue weighted by molar-refractivity contribution is 5.87. The van der Waals surface area contributed by atoms with Crippen molar-refractivity contribution in [1.29, 1.82) is 0 Å². The van der Waals surface area contributed by atoms with Crippen LogP contribution in [0.1, 0.15) is 30.7 Å². The van der Waals surface area contributed by atoms with Gasteiger partial charge in [0.2, 0.25) is 0 Å². The molecule has 1 atom stereocenters. The van der Waals surface area contributed by atoms with E-state index in [4.69, 9.17) is 0 Å². The molecule has 1 heteroatoms. The maximum atomic E-state index is 11.7. The van der Waals surface area contributed by atoms with Gasteiger partial charge in [-0.3, -0.25) is 4.79 Å². The normalized spacial score (nSPS) is 19.1. The Labute approximate surface area is 107 Å². The molecule has 0 N–H and O–H groups in total. The van der Waals surface area contributed by atoms with Gasteiger partial charge in [-0.05, 0) is 29.5 Å². The Hall–Kier alpha value is -1.89. The van der Waals surface area contributed by atoms with Crippen LogP contribution in [0.5, 0.6) is 0 Å². The zero-order valence-electron chi connectivity index (χ0n) is 10.3. The van der Waals surface area contributed by atoms with Crippen molar-refractivity contribution < 1.29 is 4.79 Å². The molecule has 1 aliphatic carbocycles. The molecule has 0 bridgehead atoms. The maximum Gasteiger partial charge on any atom is 0.140 e. The Balaban J connectivity index is 1.87. The van der Waals surface area contributed by atoms with Crippen molar-refractivity contribution in [2.75, 3.05) is 0 Å². The lowest BCUT2D eigenvalue weighted by Crippen LogP contribution is -2.03. The molecule has 0 saturated heterocycles. The van der Waals surface area contributed by atoms with Crippen LogP contribution in [-0.4, -0.2) is 5.78 Å². The fourth-order valence-corrected chi connectivity index (χ4v) is 2.71. The third-order valence-electron chi connectivity index (χ3n) is 3.72. The van der Waals surface area contributed by atoms with Crippen molar-refractivity contribution in [2.24, 2.45) is 0 Å². The average molecular weight is 236 g/mol. The van der Waals surface area contributed by atoms with Crippen LogP contribution in [0.2, 0.25) is 0 Å². The third kappa shape index (κ3) is 2.08. The first kappa shape index (κ1) is 11.2. The lowest BCUT2D eigenvalue weighted by molar-refractivity contribution is -0.118. The molecule has 1 aliphatic rings. The van der Waals surface area contributed by atoms with Gasteiger partial charge in [0, 0.05) is 12.3 Å². The van der Waals surface area contributed by atoms with Crippen LogP contribution in [0.15, 0.2) is 54.6 Å². The van der Waals surface area contributed by atoms with Crippen LogP contribution < -0.4 is 0 Å². The van der Waals surface area contributed by atoms with Gasteiger partial charge in [-0.2, -0.15) is 0 Å². The Morgan fingerprint density at radius 3 is 2.11 bits per heavy atom. The van der Waals surface area contributed by atoms with E-state index in [0.717, 1.165) is 19.3 Å². The highest BCUT2D eigenvalue weighted by Gasteiger charge is 2.25. The molecule has 0 aromatic heterocycles. The van der Waals surface area contributed by atoms with Crippen LogP contribution in [0, 0.1) is 0 Å². The molecule has 2 aromatic rings. The number of Topliss-reactive ketones (excluding diaryl/α,β-unsaturated/α-hetero) is 1.